The number of rotatable bonds is 5. The van der Waals surface area contributed by atoms with Crippen LogP contribution in [-0.4, -0.2) is 15.0 Å². The predicted octanol–water partition coefficient (Wildman–Crippen LogP) is 10.1. The monoisotopic (exact) mass is 551 g/mol. The fraction of sp³-hybridized carbons (Fsp3) is 0. The molecular formula is C39H25N3O. The van der Waals surface area contributed by atoms with Gasteiger partial charge in [-0.3, -0.25) is 0 Å². The van der Waals surface area contributed by atoms with Gasteiger partial charge in [-0.25, -0.2) is 15.0 Å². The summed E-state index contributed by atoms with van der Waals surface area (Å²) in [5, 5.41) is 2.11. The van der Waals surface area contributed by atoms with E-state index in [2.05, 4.69) is 109 Å². The molecule has 0 atom stereocenters. The van der Waals surface area contributed by atoms with Crippen LogP contribution < -0.4 is 0 Å². The molecule has 2 aromatic heterocycles. The highest BCUT2D eigenvalue weighted by atomic mass is 16.3. The molecule has 0 aliphatic carbocycles. The van der Waals surface area contributed by atoms with E-state index < -0.39 is 0 Å². The Morgan fingerprint density at radius 1 is 0.326 bits per heavy atom. The van der Waals surface area contributed by atoms with Crippen LogP contribution >= 0.6 is 0 Å². The van der Waals surface area contributed by atoms with E-state index in [0.29, 0.717) is 17.5 Å². The predicted molar refractivity (Wildman–Crippen MR) is 174 cm³/mol. The van der Waals surface area contributed by atoms with E-state index in [1.165, 1.54) is 11.1 Å². The molecule has 0 saturated heterocycles. The molecule has 0 N–H and O–H groups in total. The summed E-state index contributed by atoms with van der Waals surface area (Å²) in [6, 6.07) is 51.7. The van der Waals surface area contributed by atoms with Crippen molar-refractivity contribution in [3.63, 3.8) is 0 Å². The average molecular weight is 552 g/mol. The summed E-state index contributed by atoms with van der Waals surface area (Å²) in [4.78, 5) is 15.0. The smallest absolute Gasteiger partial charge is 0.167 e. The summed E-state index contributed by atoms with van der Waals surface area (Å²) >= 11 is 0. The van der Waals surface area contributed by atoms with E-state index in [0.717, 1.165) is 49.8 Å². The first kappa shape index (κ1) is 24.9. The van der Waals surface area contributed by atoms with E-state index in [9.17, 15) is 0 Å². The Labute approximate surface area is 249 Å². The zero-order valence-electron chi connectivity index (χ0n) is 23.2. The highest BCUT2D eigenvalue weighted by Crippen LogP contribution is 2.36. The molecule has 0 fully saturated rings. The van der Waals surface area contributed by atoms with Crippen molar-refractivity contribution in [2.24, 2.45) is 0 Å². The van der Waals surface area contributed by atoms with E-state index in [4.69, 9.17) is 19.4 Å². The minimum absolute atomic E-state index is 0.573. The third kappa shape index (κ3) is 4.65. The molecule has 4 heteroatoms. The van der Waals surface area contributed by atoms with Crippen LogP contribution in [0, 0.1) is 0 Å². The van der Waals surface area contributed by atoms with Gasteiger partial charge in [-0.2, -0.15) is 0 Å². The van der Waals surface area contributed by atoms with Crippen molar-refractivity contribution >= 4 is 21.9 Å². The summed E-state index contributed by atoms with van der Waals surface area (Å²) in [5.74, 6) is 1.80. The molecule has 0 unspecified atom stereocenters. The zero-order chi connectivity index (χ0) is 28.6. The lowest BCUT2D eigenvalue weighted by Gasteiger charge is -2.10. The molecule has 0 bridgehead atoms. The Bertz CT molecular complexity index is 2100. The molecular weight excluding hydrogens is 526 g/mol. The van der Waals surface area contributed by atoms with Crippen LogP contribution in [0.5, 0.6) is 0 Å². The van der Waals surface area contributed by atoms with Gasteiger partial charge in [-0.05, 0) is 34.4 Å². The Morgan fingerprint density at radius 2 is 0.767 bits per heavy atom. The van der Waals surface area contributed by atoms with Crippen molar-refractivity contribution in [3.05, 3.63) is 152 Å². The number of hydrogen-bond acceptors (Lipinski definition) is 4. The number of aromatic nitrogens is 3. The summed E-state index contributed by atoms with van der Waals surface area (Å²) in [6.07, 6.45) is 0. The van der Waals surface area contributed by atoms with Crippen LogP contribution in [0.25, 0.3) is 78.4 Å². The van der Waals surface area contributed by atoms with E-state index >= 15 is 0 Å². The first-order valence-corrected chi connectivity index (χ1v) is 14.3. The minimum atomic E-state index is 0.573. The minimum Gasteiger partial charge on any atom is -0.455 e. The Morgan fingerprint density at radius 3 is 1.35 bits per heavy atom. The SMILES string of the molecule is c1ccc(-c2ccc(-c3nc(-c4ccc(-c5ccccc5)cc4)nc(-c4cccc5c4oc4ccccc45)n3)cc2)cc1. The van der Waals surface area contributed by atoms with Crippen molar-refractivity contribution in [3.8, 4) is 56.4 Å². The van der Waals surface area contributed by atoms with Crippen LogP contribution in [0.2, 0.25) is 0 Å². The van der Waals surface area contributed by atoms with Crippen LogP contribution in [0.15, 0.2) is 156 Å². The summed E-state index contributed by atoms with van der Waals surface area (Å²) in [7, 11) is 0. The molecule has 0 aliphatic rings. The van der Waals surface area contributed by atoms with Gasteiger partial charge in [0.25, 0.3) is 0 Å². The summed E-state index contributed by atoms with van der Waals surface area (Å²) < 4.78 is 6.36. The molecule has 0 aliphatic heterocycles. The Hall–Kier alpha value is -5.87. The second-order valence-electron chi connectivity index (χ2n) is 10.5. The number of furan rings is 1. The van der Waals surface area contributed by atoms with E-state index in [-0.39, 0.29) is 0 Å². The van der Waals surface area contributed by atoms with Gasteiger partial charge in [0.2, 0.25) is 0 Å². The molecule has 8 aromatic rings. The topological polar surface area (TPSA) is 51.8 Å². The highest BCUT2D eigenvalue weighted by molar-refractivity contribution is 6.09. The molecule has 8 rings (SSSR count). The van der Waals surface area contributed by atoms with Gasteiger partial charge in [0.1, 0.15) is 11.2 Å². The maximum atomic E-state index is 6.36. The van der Waals surface area contributed by atoms with E-state index in [1.807, 2.05) is 42.5 Å². The average Bonchev–Trinajstić information content (AvgIpc) is 3.48. The van der Waals surface area contributed by atoms with Crippen LogP contribution in [0.1, 0.15) is 0 Å². The van der Waals surface area contributed by atoms with Crippen LogP contribution in [0.3, 0.4) is 0 Å². The maximum absolute atomic E-state index is 6.36. The lowest BCUT2D eigenvalue weighted by molar-refractivity contribution is 0.669. The number of benzene rings is 6. The summed E-state index contributed by atoms with van der Waals surface area (Å²) in [5.41, 5.74) is 8.90. The van der Waals surface area contributed by atoms with Gasteiger partial charge < -0.3 is 4.42 Å². The second-order valence-corrected chi connectivity index (χ2v) is 10.5. The zero-order valence-corrected chi connectivity index (χ0v) is 23.2. The lowest BCUT2D eigenvalue weighted by atomic mass is 10.0. The van der Waals surface area contributed by atoms with Gasteiger partial charge in [0.05, 0.1) is 5.56 Å². The van der Waals surface area contributed by atoms with Crippen molar-refractivity contribution in [1.82, 2.24) is 15.0 Å². The number of fused-ring (bicyclic) bond motifs is 3. The quantitative estimate of drug-likeness (QED) is 0.214. The van der Waals surface area contributed by atoms with Crippen molar-refractivity contribution in [1.29, 1.82) is 0 Å². The van der Waals surface area contributed by atoms with Crippen molar-refractivity contribution in [2.45, 2.75) is 0 Å². The fourth-order valence-corrected chi connectivity index (χ4v) is 5.56. The molecule has 2 heterocycles. The largest absolute Gasteiger partial charge is 0.455 e. The van der Waals surface area contributed by atoms with E-state index in [1.54, 1.807) is 0 Å². The molecule has 202 valence electrons. The van der Waals surface area contributed by atoms with Gasteiger partial charge in [-0.15, -0.1) is 0 Å². The fourth-order valence-electron chi connectivity index (χ4n) is 5.56. The van der Waals surface area contributed by atoms with Crippen molar-refractivity contribution in [2.75, 3.05) is 0 Å². The number of para-hydroxylation sites is 2. The molecule has 0 saturated carbocycles. The van der Waals surface area contributed by atoms with Crippen molar-refractivity contribution < 1.29 is 4.42 Å². The first-order chi connectivity index (χ1) is 21.3. The molecule has 4 nitrogen and oxygen atoms in total. The number of nitrogens with zero attached hydrogens (tertiary/aromatic N) is 3. The number of hydrogen-bond donors (Lipinski definition) is 0. The van der Waals surface area contributed by atoms with Gasteiger partial charge >= 0.3 is 0 Å². The summed E-state index contributed by atoms with van der Waals surface area (Å²) in [6.45, 7) is 0. The molecule has 6 aromatic carbocycles. The van der Waals surface area contributed by atoms with Gasteiger partial charge in [0, 0.05) is 21.9 Å². The molecule has 0 radical (unpaired) electrons. The normalized spacial score (nSPS) is 11.3. The highest BCUT2D eigenvalue weighted by Gasteiger charge is 2.17. The lowest BCUT2D eigenvalue weighted by Crippen LogP contribution is -2.00. The Balaban J connectivity index is 1.28. The van der Waals surface area contributed by atoms with Gasteiger partial charge in [-0.1, -0.05) is 140 Å². The standard InChI is InChI=1S/C39H25N3O/c1-3-10-26(11-4-1)28-18-22-30(23-19-28)37-40-38(31-24-20-29(21-25-31)27-12-5-2-6-13-27)42-39(41-37)34-16-9-15-33-32-14-7-8-17-35(32)43-36(33)34/h1-25H. The first-order valence-electron chi connectivity index (χ1n) is 14.3. The maximum Gasteiger partial charge on any atom is 0.167 e. The van der Waals surface area contributed by atoms with Gasteiger partial charge in [0.15, 0.2) is 17.5 Å². The third-order valence-electron chi connectivity index (χ3n) is 7.78. The van der Waals surface area contributed by atoms with Crippen LogP contribution in [-0.2, 0) is 0 Å². The van der Waals surface area contributed by atoms with Crippen LogP contribution in [0.4, 0.5) is 0 Å². The Kier molecular flexibility index (Phi) is 6.08. The third-order valence-corrected chi connectivity index (χ3v) is 7.78. The molecule has 0 spiro atoms. The molecule has 0 amide bonds. The molecule has 43 heavy (non-hydrogen) atoms. The second kappa shape index (κ2) is 10.5.